The van der Waals surface area contributed by atoms with E-state index in [0.29, 0.717) is 11.3 Å². The first-order valence-electron chi connectivity index (χ1n) is 3.86. The van der Waals surface area contributed by atoms with Crippen LogP contribution in [-0.2, 0) is 5.75 Å². The molecule has 0 heterocycles. The van der Waals surface area contributed by atoms with E-state index in [1.807, 2.05) is 0 Å². The summed E-state index contributed by atoms with van der Waals surface area (Å²) in [6.45, 7) is 2.05. The summed E-state index contributed by atoms with van der Waals surface area (Å²) in [6.07, 6.45) is 0. The van der Waals surface area contributed by atoms with Crippen LogP contribution in [-0.4, -0.2) is 5.75 Å². The number of rotatable bonds is 3. The molecule has 0 saturated heterocycles. The molecule has 0 aliphatic rings. The number of anilines is 1. The highest BCUT2D eigenvalue weighted by atomic mass is 32.2. The van der Waals surface area contributed by atoms with Gasteiger partial charge >= 0.3 is 0 Å². The summed E-state index contributed by atoms with van der Waals surface area (Å²) in [6, 6.07) is 5.13. The maximum Gasteiger partial charge on any atom is 0.150 e. The lowest BCUT2D eigenvalue weighted by molar-refractivity contribution is 0.622. The van der Waals surface area contributed by atoms with E-state index < -0.39 is 0 Å². The van der Waals surface area contributed by atoms with Crippen molar-refractivity contribution in [3.63, 3.8) is 0 Å². The van der Waals surface area contributed by atoms with E-state index in [1.54, 1.807) is 30.0 Å². The van der Waals surface area contributed by atoms with Gasteiger partial charge in [-0.3, -0.25) is 0 Å². The summed E-state index contributed by atoms with van der Waals surface area (Å²) < 4.78 is 13.2. The highest BCUT2D eigenvalue weighted by molar-refractivity contribution is 7.98. The van der Waals surface area contributed by atoms with Gasteiger partial charge in [-0.15, -0.1) is 0 Å². The molecular formula is C9H12FNS. The first kappa shape index (κ1) is 9.39. The van der Waals surface area contributed by atoms with Crippen LogP contribution >= 0.6 is 11.8 Å². The van der Waals surface area contributed by atoms with Crippen LogP contribution in [0.2, 0.25) is 0 Å². The van der Waals surface area contributed by atoms with E-state index >= 15 is 0 Å². The van der Waals surface area contributed by atoms with Crippen molar-refractivity contribution in [2.24, 2.45) is 0 Å². The van der Waals surface area contributed by atoms with E-state index in [4.69, 9.17) is 5.73 Å². The average Bonchev–Trinajstić information content (AvgIpc) is 2.08. The number of hydrogen-bond acceptors (Lipinski definition) is 2. The summed E-state index contributed by atoms with van der Waals surface area (Å²) in [5, 5.41) is 0. The van der Waals surface area contributed by atoms with E-state index in [1.165, 1.54) is 0 Å². The standard InChI is InChI=1S/C9H12FNS/c1-2-12-6-7-4-3-5-8(11)9(7)10/h3-5H,2,6,11H2,1H3. The van der Waals surface area contributed by atoms with Gasteiger partial charge < -0.3 is 5.73 Å². The molecule has 66 valence electrons. The summed E-state index contributed by atoms with van der Waals surface area (Å²) >= 11 is 1.69. The fourth-order valence-corrected chi connectivity index (χ4v) is 1.57. The Bertz CT molecular complexity index is 263. The van der Waals surface area contributed by atoms with Crippen LogP contribution in [0.5, 0.6) is 0 Å². The predicted molar refractivity (Wildman–Crippen MR) is 52.6 cm³/mol. The molecule has 1 aromatic carbocycles. The molecule has 0 bridgehead atoms. The Labute approximate surface area is 76.2 Å². The van der Waals surface area contributed by atoms with Crippen molar-refractivity contribution >= 4 is 17.4 Å². The van der Waals surface area contributed by atoms with Crippen molar-refractivity contribution in [2.75, 3.05) is 11.5 Å². The molecule has 0 radical (unpaired) electrons. The molecule has 0 aliphatic carbocycles. The highest BCUT2D eigenvalue weighted by Crippen LogP contribution is 2.19. The first-order valence-corrected chi connectivity index (χ1v) is 5.01. The Hall–Kier alpha value is -0.700. The zero-order chi connectivity index (χ0) is 8.97. The van der Waals surface area contributed by atoms with Crippen LogP contribution in [0.15, 0.2) is 18.2 Å². The van der Waals surface area contributed by atoms with Crippen LogP contribution in [0.25, 0.3) is 0 Å². The van der Waals surface area contributed by atoms with Crippen molar-refractivity contribution in [3.8, 4) is 0 Å². The molecule has 0 unspecified atom stereocenters. The molecule has 0 fully saturated rings. The fourth-order valence-electron chi connectivity index (χ4n) is 0.923. The number of nitrogen functional groups attached to an aromatic ring is 1. The Kier molecular flexibility index (Phi) is 3.41. The van der Waals surface area contributed by atoms with E-state index in [9.17, 15) is 4.39 Å². The minimum Gasteiger partial charge on any atom is -0.396 e. The van der Waals surface area contributed by atoms with Gasteiger partial charge in [-0.05, 0) is 17.4 Å². The second kappa shape index (κ2) is 4.36. The Morgan fingerprint density at radius 2 is 2.25 bits per heavy atom. The largest absolute Gasteiger partial charge is 0.396 e. The van der Waals surface area contributed by atoms with Gasteiger partial charge in [0.1, 0.15) is 5.82 Å². The molecular weight excluding hydrogens is 173 g/mol. The molecule has 2 N–H and O–H groups in total. The number of benzene rings is 1. The zero-order valence-corrected chi connectivity index (χ0v) is 7.83. The highest BCUT2D eigenvalue weighted by Gasteiger charge is 2.03. The van der Waals surface area contributed by atoms with Crippen molar-refractivity contribution < 1.29 is 4.39 Å². The van der Waals surface area contributed by atoms with Crippen molar-refractivity contribution in [2.45, 2.75) is 12.7 Å². The van der Waals surface area contributed by atoms with Gasteiger partial charge in [0, 0.05) is 5.75 Å². The van der Waals surface area contributed by atoms with Crippen LogP contribution in [0, 0.1) is 5.82 Å². The summed E-state index contributed by atoms with van der Waals surface area (Å²) in [5.41, 5.74) is 6.34. The lowest BCUT2D eigenvalue weighted by atomic mass is 10.2. The van der Waals surface area contributed by atoms with Crippen LogP contribution in [0.4, 0.5) is 10.1 Å². The van der Waals surface area contributed by atoms with Crippen molar-refractivity contribution in [1.29, 1.82) is 0 Å². The fraction of sp³-hybridized carbons (Fsp3) is 0.333. The van der Waals surface area contributed by atoms with Gasteiger partial charge in [0.2, 0.25) is 0 Å². The molecule has 0 aromatic heterocycles. The molecule has 12 heavy (non-hydrogen) atoms. The van der Waals surface area contributed by atoms with Gasteiger partial charge in [0.05, 0.1) is 5.69 Å². The smallest absolute Gasteiger partial charge is 0.150 e. The summed E-state index contributed by atoms with van der Waals surface area (Å²) in [4.78, 5) is 0. The lowest BCUT2D eigenvalue weighted by Crippen LogP contribution is -1.95. The summed E-state index contributed by atoms with van der Waals surface area (Å²) in [5.74, 6) is 1.43. The second-order valence-electron chi connectivity index (χ2n) is 2.46. The first-order chi connectivity index (χ1) is 5.75. The molecule has 0 spiro atoms. The Morgan fingerprint density at radius 3 is 2.92 bits per heavy atom. The van der Waals surface area contributed by atoms with Crippen LogP contribution < -0.4 is 5.73 Å². The zero-order valence-electron chi connectivity index (χ0n) is 7.01. The molecule has 0 aliphatic heterocycles. The van der Waals surface area contributed by atoms with Crippen molar-refractivity contribution in [3.05, 3.63) is 29.6 Å². The molecule has 1 aromatic rings. The number of nitrogens with two attached hydrogens (primary N) is 1. The SMILES string of the molecule is CCSCc1cccc(N)c1F. The number of halogens is 1. The van der Waals surface area contributed by atoms with Crippen LogP contribution in [0.1, 0.15) is 12.5 Å². The predicted octanol–water partition coefficient (Wildman–Crippen LogP) is 2.66. The quantitative estimate of drug-likeness (QED) is 0.733. The van der Waals surface area contributed by atoms with Gasteiger partial charge in [0.25, 0.3) is 0 Å². The normalized spacial score (nSPS) is 10.2. The topological polar surface area (TPSA) is 26.0 Å². The second-order valence-corrected chi connectivity index (χ2v) is 3.73. The third-order valence-corrected chi connectivity index (χ3v) is 2.49. The molecule has 3 heteroatoms. The maximum absolute atomic E-state index is 13.2. The van der Waals surface area contributed by atoms with Gasteiger partial charge in [-0.25, -0.2) is 4.39 Å². The van der Waals surface area contributed by atoms with Gasteiger partial charge in [0.15, 0.2) is 0 Å². The summed E-state index contributed by atoms with van der Waals surface area (Å²) in [7, 11) is 0. The maximum atomic E-state index is 13.2. The monoisotopic (exact) mass is 185 g/mol. The van der Waals surface area contributed by atoms with Crippen LogP contribution in [0.3, 0.4) is 0 Å². The van der Waals surface area contributed by atoms with E-state index in [2.05, 4.69) is 6.92 Å². The number of hydrogen-bond donors (Lipinski definition) is 1. The average molecular weight is 185 g/mol. The van der Waals surface area contributed by atoms with Gasteiger partial charge in [-0.1, -0.05) is 19.1 Å². The third-order valence-electron chi connectivity index (χ3n) is 1.57. The molecule has 0 atom stereocenters. The van der Waals surface area contributed by atoms with Gasteiger partial charge in [-0.2, -0.15) is 11.8 Å². The Balaban J connectivity index is 2.78. The molecule has 1 rings (SSSR count). The lowest BCUT2D eigenvalue weighted by Gasteiger charge is -2.03. The van der Waals surface area contributed by atoms with E-state index in [0.717, 1.165) is 5.75 Å². The minimum atomic E-state index is -0.265. The molecule has 1 nitrogen and oxygen atoms in total. The Morgan fingerprint density at radius 1 is 1.50 bits per heavy atom. The molecule has 0 amide bonds. The number of thioether (sulfide) groups is 1. The van der Waals surface area contributed by atoms with E-state index in [-0.39, 0.29) is 11.5 Å². The minimum absolute atomic E-state index is 0.240. The van der Waals surface area contributed by atoms with Crippen molar-refractivity contribution in [1.82, 2.24) is 0 Å². The molecule has 0 saturated carbocycles. The third kappa shape index (κ3) is 2.14.